The van der Waals surface area contributed by atoms with Gasteiger partial charge in [-0.1, -0.05) is 43.3 Å². The lowest BCUT2D eigenvalue weighted by Crippen LogP contribution is -2.32. The number of hydrogen-bond acceptors (Lipinski definition) is 3. The first-order valence-electron chi connectivity index (χ1n) is 10.3. The van der Waals surface area contributed by atoms with Crippen LogP contribution in [0.25, 0.3) is 0 Å². The number of benzene rings is 3. The predicted molar refractivity (Wildman–Crippen MR) is 126 cm³/mol. The van der Waals surface area contributed by atoms with E-state index in [1.807, 2.05) is 51.1 Å². The van der Waals surface area contributed by atoms with E-state index >= 15 is 0 Å². The Morgan fingerprint density at radius 1 is 0.933 bits per heavy atom. The molecule has 3 nitrogen and oxygen atoms in total. The van der Waals surface area contributed by atoms with Crippen LogP contribution in [0.4, 0.5) is 5.69 Å². The summed E-state index contributed by atoms with van der Waals surface area (Å²) in [5.41, 5.74) is 5.48. The molecule has 156 valence electrons. The van der Waals surface area contributed by atoms with Crippen LogP contribution in [0.1, 0.15) is 35.6 Å². The van der Waals surface area contributed by atoms with Crippen molar-refractivity contribution in [1.29, 1.82) is 0 Å². The summed E-state index contributed by atoms with van der Waals surface area (Å²) < 4.78 is 5.97. The number of nitrogens with one attached hydrogen (secondary N) is 1. The van der Waals surface area contributed by atoms with Crippen LogP contribution in [0.5, 0.6) is 5.75 Å². The van der Waals surface area contributed by atoms with Gasteiger partial charge in [0.1, 0.15) is 5.75 Å². The molecule has 0 aliphatic carbocycles. The van der Waals surface area contributed by atoms with Gasteiger partial charge in [0.05, 0.1) is 0 Å². The minimum atomic E-state index is -0.528. The van der Waals surface area contributed by atoms with Gasteiger partial charge >= 0.3 is 0 Å². The number of ether oxygens (including phenoxy) is 1. The van der Waals surface area contributed by atoms with Crippen molar-refractivity contribution in [2.45, 2.75) is 50.9 Å². The van der Waals surface area contributed by atoms with Crippen molar-refractivity contribution in [1.82, 2.24) is 0 Å². The van der Waals surface area contributed by atoms with Crippen molar-refractivity contribution in [3.8, 4) is 5.75 Å². The Hall–Kier alpha value is -2.72. The Labute approximate surface area is 183 Å². The van der Waals surface area contributed by atoms with Crippen molar-refractivity contribution in [3.63, 3.8) is 0 Å². The van der Waals surface area contributed by atoms with Crippen molar-refractivity contribution < 1.29 is 9.53 Å². The maximum atomic E-state index is 12.8. The van der Waals surface area contributed by atoms with Crippen LogP contribution >= 0.6 is 11.8 Å². The maximum Gasteiger partial charge on any atom is 0.265 e. The number of anilines is 1. The van der Waals surface area contributed by atoms with Gasteiger partial charge in [-0.2, -0.15) is 0 Å². The molecule has 0 unspecified atom stereocenters. The summed E-state index contributed by atoms with van der Waals surface area (Å²) in [6.45, 7) is 8.09. The van der Waals surface area contributed by atoms with Crippen LogP contribution in [0.2, 0.25) is 0 Å². The van der Waals surface area contributed by atoms with E-state index in [2.05, 4.69) is 48.6 Å². The average Bonchev–Trinajstić information content (AvgIpc) is 2.75. The lowest BCUT2D eigenvalue weighted by Gasteiger charge is -2.19. The van der Waals surface area contributed by atoms with Crippen LogP contribution in [-0.2, 0) is 10.5 Å². The minimum absolute atomic E-state index is 0.120. The Kier molecular flexibility index (Phi) is 7.58. The molecule has 3 rings (SSSR count). The first kappa shape index (κ1) is 22.0. The molecule has 0 aliphatic heterocycles. The molecule has 0 aromatic heterocycles. The van der Waals surface area contributed by atoms with E-state index in [9.17, 15) is 4.79 Å². The van der Waals surface area contributed by atoms with Crippen LogP contribution in [0.3, 0.4) is 0 Å². The fraction of sp³-hybridized carbons (Fsp3) is 0.269. The zero-order valence-electron chi connectivity index (χ0n) is 18.1. The smallest absolute Gasteiger partial charge is 0.265 e. The lowest BCUT2D eigenvalue weighted by atomic mass is 10.1. The summed E-state index contributed by atoms with van der Waals surface area (Å²) in [4.78, 5) is 14.1. The summed E-state index contributed by atoms with van der Waals surface area (Å²) in [5, 5.41) is 3.04. The van der Waals surface area contributed by atoms with Crippen molar-refractivity contribution in [2.75, 3.05) is 5.32 Å². The summed E-state index contributed by atoms with van der Waals surface area (Å²) >= 11 is 1.81. The summed E-state index contributed by atoms with van der Waals surface area (Å²) in [6, 6.07) is 22.5. The van der Waals surface area contributed by atoms with Gasteiger partial charge in [-0.25, -0.2) is 0 Å². The molecule has 1 N–H and O–H groups in total. The van der Waals surface area contributed by atoms with Crippen molar-refractivity contribution >= 4 is 23.4 Å². The molecule has 0 aliphatic rings. The van der Waals surface area contributed by atoms with Gasteiger partial charge in [0.25, 0.3) is 5.91 Å². The highest BCUT2D eigenvalue weighted by molar-refractivity contribution is 7.98. The Bertz CT molecular complexity index is 1000. The van der Waals surface area contributed by atoms with E-state index in [4.69, 9.17) is 4.74 Å². The van der Waals surface area contributed by atoms with Gasteiger partial charge in [-0.05, 0) is 79.8 Å². The third-order valence-electron chi connectivity index (χ3n) is 5.12. The number of rotatable bonds is 8. The number of carbonyl (C=O) groups is 1. The fourth-order valence-corrected chi connectivity index (χ4v) is 3.99. The summed E-state index contributed by atoms with van der Waals surface area (Å²) in [6.07, 6.45) is 0.0729. The molecule has 0 saturated carbocycles. The quantitative estimate of drug-likeness (QED) is 0.413. The molecule has 1 atom stereocenters. The highest BCUT2D eigenvalue weighted by Gasteiger charge is 2.19. The number of hydrogen-bond donors (Lipinski definition) is 1. The monoisotopic (exact) mass is 419 g/mol. The highest BCUT2D eigenvalue weighted by atomic mass is 32.2. The first-order chi connectivity index (χ1) is 14.5. The summed E-state index contributed by atoms with van der Waals surface area (Å²) in [5.74, 6) is 1.50. The molecule has 0 saturated heterocycles. The molecular formula is C26H29NO2S. The molecule has 3 aromatic carbocycles. The van der Waals surface area contributed by atoms with E-state index in [1.54, 1.807) is 11.8 Å². The molecule has 0 radical (unpaired) electrons. The number of carbonyl (C=O) groups excluding carboxylic acids is 1. The SMILES string of the molecule is CC[C@@H](Oc1ccc(C)c(C)c1)C(=O)Nc1ccc(CSc2ccccc2)cc1C. The van der Waals surface area contributed by atoms with Gasteiger partial charge in [-0.3, -0.25) is 4.79 Å². The Morgan fingerprint density at radius 2 is 1.70 bits per heavy atom. The predicted octanol–water partition coefficient (Wildman–Crippen LogP) is 6.70. The van der Waals surface area contributed by atoms with E-state index < -0.39 is 6.10 Å². The number of aryl methyl sites for hydroxylation is 3. The second kappa shape index (κ2) is 10.4. The number of amides is 1. The molecule has 3 aromatic rings. The largest absolute Gasteiger partial charge is 0.481 e. The van der Waals surface area contributed by atoms with Crippen LogP contribution in [0, 0.1) is 20.8 Å². The molecule has 0 heterocycles. The standard InChI is InChI=1S/C26H29NO2S/c1-5-25(29-22-13-11-18(2)19(3)16-22)26(28)27-24-14-12-21(15-20(24)4)17-30-23-9-7-6-8-10-23/h6-16,25H,5,17H2,1-4H3,(H,27,28)/t25-/m1/s1. The Morgan fingerprint density at radius 3 is 2.37 bits per heavy atom. The minimum Gasteiger partial charge on any atom is -0.481 e. The highest BCUT2D eigenvalue weighted by Crippen LogP contribution is 2.25. The second-order valence-electron chi connectivity index (χ2n) is 7.50. The normalized spacial score (nSPS) is 11.7. The van der Waals surface area contributed by atoms with E-state index in [-0.39, 0.29) is 5.91 Å². The van der Waals surface area contributed by atoms with Gasteiger partial charge in [-0.15, -0.1) is 11.8 Å². The molecule has 0 spiro atoms. The van der Waals surface area contributed by atoms with Crippen LogP contribution in [-0.4, -0.2) is 12.0 Å². The zero-order chi connectivity index (χ0) is 21.5. The van der Waals surface area contributed by atoms with Gasteiger partial charge in [0.15, 0.2) is 6.10 Å². The van der Waals surface area contributed by atoms with E-state index in [0.29, 0.717) is 6.42 Å². The average molecular weight is 420 g/mol. The molecule has 4 heteroatoms. The van der Waals surface area contributed by atoms with Gasteiger partial charge in [0.2, 0.25) is 0 Å². The van der Waals surface area contributed by atoms with E-state index in [0.717, 1.165) is 28.3 Å². The maximum absolute atomic E-state index is 12.8. The molecular weight excluding hydrogens is 390 g/mol. The number of thioether (sulfide) groups is 1. The molecule has 0 bridgehead atoms. The molecule has 30 heavy (non-hydrogen) atoms. The van der Waals surface area contributed by atoms with E-state index in [1.165, 1.54) is 16.0 Å². The lowest BCUT2D eigenvalue weighted by molar-refractivity contribution is -0.122. The van der Waals surface area contributed by atoms with Gasteiger partial charge < -0.3 is 10.1 Å². The summed E-state index contributed by atoms with van der Waals surface area (Å²) in [7, 11) is 0. The van der Waals surface area contributed by atoms with Crippen LogP contribution < -0.4 is 10.1 Å². The topological polar surface area (TPSA) is 38.3 Å². The van der Waals surface area contributed by atoms with Crippen molar-refractivity contribution in [3.05, 3.63) is 89.0 Å². The fourth-order valence-electron chi connectivity index (χ4n) is 3.13. The second-order valence-corrected chi connectivity index (χ2v) is 8.55. The Balaban J connectivity index is 1.62. The zero-order valence-corrected chi connectivity index (χ0v) is 18.9. The first-order valence-corrected chi connectivity index (χ1v) is 11.3. The molecule has 1 amide bonds. The van der Waals surface area contributed by atoms with Crippen LogP contribution in [0.15, 0.2) is 71.6 Å². The van der Waals surface area contributed by atoms with Crippen molar-refractivity contribution in [2.24, 2.45) is 0 Å². The third-order valence-corrected chi connectivity index (χ3v) is 6.20. The third kappa shape index (κ3) is 5.90. The van der Waals surface area contributed by atoms with Gasteiger partial charge in [0, 0.05) is 16.3 Å². The molecule has 0 fully saturated rings.